The summed E-state index contributed by atoms with van der Waals surface area (Å²) in [5, 5.41) is 12.0. The number of anilines is 1. The van der Waals surface area contributed by atoms with Crippen molar-refractivity contribution in [3.63, 3.8) is 0 Å². The Bertz CT molecular complexity index is 645. The molecule has 0 aromatic heterocycles. The molecule has 2 aromatic carbocycles. The van der Waals surface area contributed by atoms with E-state index >= 15 is 0 Å². The summed E-state index contributed by atoms with van der Waals surface area (Å²) in [6.07, 6.45) is 0. The van der Waals surface area contributed by atoms with Gasteiger partial charge in [-0.1, -0.05) is 35.5 Å². The van der Waals surface area contributed by atoms with Crippen LogP contribution in [-0.4, -0.2) is 18.1 Å². The summed E-state index contributed by atoms with van der Waals surface area (Å²) < 4.78 is 0. The molecule has 0 amide bonds. The third kappa shape index (κ3) is 3.54. The molecule has 0 unspecified atom stereocenters. The van der Waals surface area contributed by atoms with Crippen LogP contribution in [0.5, 0.6) is 0 Å². The molecule has 21 heavy (non-hydrogen) atoms. The predicted octanol–water partition coefficient (Wildman–Crippen LogP) is 3.03. The molecule has 0 saturated carbocycles. The van der Waals surface area contributed by atoms with E-state index in [1.807, 2.05) is 31.3 Å². The number of rotatable bonds is 4. The number of aryl methyl sites for hydroxylation is 2. The Morgan fingerprint density at radius 3 is 2.38 bits per heavy atom. The van der Waals surface area contributed by atoms with Gasteiger partial charge in [-0.3, -0.25) is 0 Å². The first-order valence-corrected chi connectivity index (χ1v) is 6.86. The summed E-state index contributed by atoms with van der Waals surface area (Å²) in [5.74, 6) is 0.138. The van der Waals surface area contributed by atoms with Crippen LogP contribution >= 0.6 is 0 Å². The number of amidine groups is 1. The average molecular weight is 283 g/mol. The van der Waals surface area contributed by atoms with Crippen LogP contribution in [0.4, 0.5) is 5.69 Å². The number of nitrogens with two attached hydrogens (primary N) is 1. The van der Waals surface area contributed by atoms with E-state index in [2.05, 4.69) is 42.1 Å². The second kappa shape index (κ2) is 6.31. The van der Waals surface area contributed by atoms with Crippen LogP contribution in [0, 0.1) is 13.8 Å². The van der Waals surface area contributed by atoms with Crippen molar-refractivity contribution in [1.82, 2.24) is 0 Å². The molecule has 0 aliphatic carbocycles. The predicted molar refractivity (Wildman–Crippen MR) is 87.0 cm³/mol. The molecule has 4 heteroatoms. The average Bonchev–Trinajstić information content (AvgIpc) is 2.46. The molecular weight excluding hydrogens is 262 g/mol. The number of hydrogen-bond donors (Lipinski definition) is 2. The first-order chi connectivity index (χ1) is 10.0. The fraction of sp³-hybridized carbons (Fsp3) is 0.235. The molecule has 0 bridgehead atoms. The normalized spacial score (nSPS) is 11.5. The van der Waals surface area contributed by atoms with Gasteiger partial charge < -0.3 is 15.8 Å². The van der Waals surface area contributed by atoms with E-state index in [0.717, 1.165) is 16.8 Å². The minimum atomic E-state index is 0.138. The van der Waals surface area contributed by atoms with E-state index < -0.39 is 0 Å². The number of hydrogen-bond acceptors (Lipinski definition) is 3. The highest BCUT2D eigenvalue weighted by atomic mass is 16.4. The summed E-state index contributed by atoms with van der Waals surface area (Å²) in [6.45, 7) is 4.87. The van der Waals surface area contributed by atoms with Crippen molar-refractivity contribution in [3.8, 4) is 0 Å². The summed E-state index contributed by atoms with van der Waals surface area (Å²) in [5.41, 5.74) is 11.2. The number of nitrogens with zero attached hydrogens (tertiary/aromatic N) is 2. The van der Waals surface area contributed by atoms with E-state index in [4.69, 9.17) is 10.9 Å². The van der Waals surface area contributed by atoms with Gasteiger partial charge >= 0.3 is 0 Å². The molecule has 0 radical (unpaired) electrons. The topological polar surface area (TPSA) is 61.8 Å². The Kier molecular flexibility index (Phi) is 4.48. The van der Waals surface area contributed by atoms with Crippen molar-refractivity contribution < 1.29 is 5.21 Å². The summed E-state index contributed by atoms with van der Waals surface area (Å²) >= 11 is 0. The maximum atomic E-state index is 8.89. The minimum absolute atomic E-state index is 0.138. The SMILES string of the molecule is Cc1cc(C)cc(N(C)Cc2ccccc2C(N)=NO)c1. The smallest absolute Gasteiger partial charge is 0.170 e. The van der Waals surface area contributed by atoms with E-state index in [1.54, 1.807) is 0 Å². The molecule has 0 heterocycles. The molecule has 2 aromatic rings. The lowest BCUT2D eigenvalue weighted by Crippen LogP contribution is -2.21. The number of oxime groups is 1. The lowest BCUT2D eigenvalue weighted by atomic mass is 10.1. The monoisotopic (exact) mass is 283 g/mol. The van der Waals surface area contributed by atoms with Gasteiger partial charge in [0.1, 0.15) is 0 Å². The van der Waals surface area contributed by atoms with Gasteiger partial charge in [0.15, 0.2) is 5.84 Å². The van der Waals surface area contributed by atoms with Crippen LogP contribution in [0.1, 0.15) is 22.3 Å². The van der Waals surface area contributed by atoms with Crippen molar-refractivity contribution in [2.24, 2.45) is 10.9 Å². The van der Waals surface area contributed by atoms with Gasteiger partial charge in [0.2, 0.25) is 0 Å². The van der Waals surface area contributed by atoms with Gasteiger partial charge in [-0.15, -0.1) is 0 Å². The molecule has 0 aliphatic rings. The van der Waals surface area contributed by atoms with Gasteiger partial charge in [-0.25, -0.2) is 0 Å². The van der Waals surface area contributed by atoms with Crippen molar-refractivity contribution in [1.29, 1.82) is 0 Å². The van der Waals surface area contributed by atoms with Crippen molar-refractivity contribution in [2.45, 2.75) is 20.4 Å². The van der Waals surface area contributed by atoms with E-state index in [9.17, 15) is 0 Å². The zero-order valence-corrected chi connectivity index (χ0v) is 12.7. The molecule has 0 fully saturated rings. The Morgan fingerprint density at radius 1 is 1.14 bits per heavy atom. The van der Waals surface area contributed by atoms with Crippen LogP contribution in [0.2, 0.25) is 0 Å². The Hall–Kier alpha value is -2.49. The van der Waals surface area contributed by atoms with Gasteiger partial charge in [0, 0.05) is 24.8 Å². The molecule has 0 saturated heterocycles. The first kappa shape index (κ1) is 14.9. The van der Waals surface area contributed by atoms with Crippen LogP contribution in [0.15, 0.2) is 47.6 Å². The molecule has 0 spiro atoms. The highest BCUT2D eigenvalue weighted by Gasteiger charge is 2.09. The fourth-order valence-electron chi connectivity index (χ4n) is 2.48. The molecule has 0 atom stereocenters. The summed E-state index contributed by atoms with van der Waals surface area (Å²) in [7, 11) is 2.04. The maximum absolute atomic E-state index is 8.89. The zero-order chi connectivity index (χ0) is 15.4. The van der Waals surface area contributed by atoms with Crippen LogP contribution in [-0.2, 0) is 6.54 Å². The minimum Gasteiger partial charge on any atom is -0.409 e. The van der Waals surface area contributed by atoms with E-state index in [-0.39, 0.29) is 5.84 Å². The second-order valence-electron chi connectivity index (χ2n) is 5.34. The molecule has 0 aliphatic heterocycles. The second-order valence-corrected chi connectivity index (χ2v) is 5.34. The zero-order valence-electron chi connectivity index (χ0n) is 12.7. The van der Waals surface area contributed by atoms with E-state index in [0.29, 0.717) is 6.54 Å². The van der Waals surface area contributed by atoms with Gasteiger partial charge in [0.05, 0.1) is 0 Å². The first-order valence-electron chi connectivity index (χ1n) is 6.86. The Morgan fingerprint density at radius 2 is 1.76 bits per heavy atom. The van der Waals surface area contributed by atoms with Crippen LogP contribution in [0.25, 0.3) is 0 Å². The highest BCUT2D eigenvalue weighted by Crippen LogP contribution is 2.20. The largest absolute Gasteiger partial charge is 0.409 e. The van der Waals surface area contributed by atoms with Crippen molar-refractivity contribution >= 4 is 11.5 Å². The molecule has 110 valence electrons. The van der Waals surface area contributed by atoms with Crippen molar-refractivity contribution in [3.05, 3.63) is 64.7 Å². The summed E-state index contributed by atoms with van der Waals surface area (Å²) in [4.78, 5) is 2.16. The van der Waals surface area contributed by atoms with Crippen molar-refractivity contribution in [2.75, 3.05) is 11.9 Å². The quantitative estimate of drug-likeness (QED) is 0.392. The molecule has 2 rings (SSSR count). The van der Waals surface area contributed by atoms with E-state index in [1.165, 1.54) is 11.1 Å². The summed E-state index contributed by atoms with van der Waals surface area (Å²) in [6, 6.07) is 14.2. The third-order valence-corrected chi connectivity index (χ3v) is 3.46. The third-order valence-electron chi connectivity index (χ3n) is 3.46. The number of benzene rings is 2. The molecule has 4 nitrogen and oxygen atoms in total. The standard InChI is InChI=1S/C17H21N3O/c1-12-8-13(2)10-15(9-12)20(3)11-14-6-4-5-7-16(14)17(18)19-21/h4-10,21H,11H2,1-3H3,(H2,18,19). The Labute approximate surface area is 125 Å². The molecular formula is C17H21N3O. The maximum Gasteiger partial charge on any atom is 0.170 e. The Balaban J connectivity index is 2.29. The fourth-order valence-corrected chi connectivity index (χ4v) is 2.48. The van der Waals surface area contributed by atoms with Crippen LogP contribution < -0.4 is 10.6 Å². The van der Waals surface area contributed by atoms with Gasteiger partial charge in [-0.05, 0) is 42.7 Å². The van der Waals surface area contributed by atoms with Crippen LogP contribution in [0.3, 0.4) is 0 Å². The lowest BCUT2D eigenvalue weighted by molar-refractivity contribution is 0.318. The highest BCUT2D eigenvalue weighted by molar-refractivity contribution is 5.98. The lowest BCUT2D eigenvalue weighted by Gasteiger charge is -2.22. The van der Waals surface area contributed by atoms with Gasteiger partial charge in [-0.2, -0.15) is 0 Å². The molecule has 3 N–H and O–H groups in total. The van der Waals surface area contributed by atoms with Gasteiger partial charge in [0.25, 0.3) is 0 Å².